The molecule has 1 atom stereocenters. The highest BCUT2D eigenvalue weighted by Crippen LogP contribution is 2.40. The molecule has 1 heterocycles. The molecule has 4 rings (SSSR count). The van der Waals surface area contributed by atoms with Crippen molar-refractivity contribution in [3.05, 3.63) is 82.4 Å². The average molecular weight is 598 g/mol. The number of carbonyl (C=O) groups excluding carboxylic acids is 2. The molecule has 0 saturated carbocycles. The van der Waals surface area contributed by atoms with Crippen molar-refractivity contribution in [1.29, 1.82) is 0 Å². The van der Waals surface area contributed by atoms with Gasteiger partial charge in [0.25, 0.3) is 0 Å². The van der Waals surface area contributed by atoms with Gasteiger partial charge in [-0.05, 0) is 35.4 Å². The van der Waals surface area contributed by atoms with Crippen LogP contribution >= 0.6 is 11.6 Å². The highest BCUT2D eigenvalue weighted by atomic mass is 35.5. The molecule has 0 aromatic heterocycles. The monoisotopic (exact) mass is 597 g/mol. The molecule has 1 aliphatic rings. The van der Waals surface area contributed by atoms with Gasteiger partial charge in [-0.15, -0.1) is 0 Å². The van der Waals surface area contributed by atoms with Crippen LogP contribution in [-0.2, 0) is 16.1 Å². The number of urea groups is 1. The molecule has 0 spiro atoms. The molecule has 11 heteroatoms. The summed E-state index contributed by atoms with van der Waals surface area (Å²) in [6.45, 7) is 3.49. The van der Waals surface area contributed by atoms with Crippen LogP contribution in [0.3, 0.4) is 0 Å². The Morgan fingerprint density at radius 1 is 0.857 bits per heavy atom. The van der Waals surface area contributed by atoms with Crippen LogP contribution in [0.15, 0.2) is 60.7 Å². The lowest BCUT2D eigenvalue weighted by Gasteiger charge is -2.36. The summed E-state index contributed by atoms with van der Waals surface area (Å²) in [4.78, 5) is 28.9. The first kappa shape index (κ1) is 31.0. The van der Waals surface area contributed by atoms with Gasteiger partial charge < -0.3 is 33.9 Å². The highest BCUT2D eigenvalue weighted by molar-refractivity contribution is 6.30. The van der Waals surface area contributed by atoms with Gasteiger partial charge in [-0.25, -0.2) is 9.59 Å². The van der Waals surface area contributed by atoms with Crippen LogP contribution in [0.25, 0.3) is 0 Å². The number of nitrogens with zero attached hydrogens (tertiary/aromatic N) is 2. The summed E-state index contributed by atoms with van der Waals surface area (Å²) >= 11 is 6.13. The first-order chi connectivity index (χ1) is 20.3. The number of carbonyl (C=O) groups is 2. The fourth-order valence-corrected chi connectivity index (χ4v) is 4.83. The molecule has 1 saturated heterocycles. The number of piperazine rings is 1. The van der Waals surface area contributed by atoms with Crippen LogP contribution in [0.4, 0.5) is 10.5 Å². The van der Waals surface area contributed by atoms with E-state index >= 15 is 0 Å². The number of benzene rings is 3. The molecule has 224 valence electrons. The Hall–Kier alpha value is -3.99. The van der Waals surface area contributed by atoms with E-state index in [1.54, 1.807) is 29.2 Å². The molecular weight excluding hydrogens is 562 g/mol. The number of ether oxygens (including phenoxy) is 5. The van der Waals surface area contributed by atoms with Gasteiger partial charge in [-0.3, -0.25) is 4.90 Å². The van der Waals surface area contributed by atoms with Crippen molar-refractivity contribution >= 4 is 29.3 Å². The summed E-state index contributed by atoms with van der Waals surface area (Å²) in [5.41, 5.74) is 2.98. The number of anilines is 1. The standard InChI is InChI=1S/C31H36ClN3O7/c1-38-26-17-25(18-27(39-2)29(26)40-3)33-31(37)35-15-13-34(14-16-35)19-28(22-9-11-24(32)12-10-22)42-20-21-5-7-23(8-6-21)30(36)41-4/h5-12,17-18,28H,13-16,19-20H2,1-4H3,(H,33,37). The Kier molecular flexibility index (Phi) is 10.9. The normalized spacial score (nSPS) is 14.2. The van der Waals surface area contributed by atoms with E-state index in [4.69, 9.17) is 35.3 Å². The first-order valence-corrected chi connectivity index (χ1v) is 13.9. The molecule has 0 aliphatic carbocycles. The van der Waals surface area contributed by atoms with Gasteiger partial charge in [0.2, 0.25) is 5.75 Å². The smallest absolute Gasteiger partial charge is 0.337 e. The molecule has 0 radical (unpaired) electrons. The quantitative estimate of drug-likeness (QED) is 0.299. The molecule has 10 nitrogen and oxygen atoms in total. The minimum atomic E-state index is -0.377. The number of hydrogen-bond donors (Lipinski definition) is 1. The molecule has 1 aliphatic heterocycles. The minimum absolute atomic E-state index is 0.204. The van der Waals surface area contributed by atoms with Crippen molar-refractivity contribution in [3.8, 4) is 17.2 Å². The van der Waals surface area contributed by atoms with Crippen molar-refractivity contribution in [2.24, 2.45) is 0 Å². The minimum Gasteiger partial charge on any atom is -0.493 e. The van der Waals surface area contributed by atoms with Gasteiger partial charge in [0.15, 0.2) is 11.5 Å². The van der Waals surface area contributed by atoms with Crippen molar-refractivity contribution in [3.63, 3.8) is 0 Å². The molecule has 3 aromatic carbocycles. The van der Waals surface area contributed by atoms with Crippen LogP contribution in [0.2, 0.25) is 5.02 Å². The van der Waals surface area contributed by atoms with Gasteiger partial charge in [0, 0.05) is 49.9 Å². The third kappa shape index (κ3) is 7.84. The Balaban J connectivity index is 1.36. The molecule has 1 N–H and O–H groups in total. The maximum absolute atomic E-state index is 13.1. The van der Waals surface area contributed by atoms with Gasteiger partial charge in [-0.1, -0.05) is 35.9 Å². The van der Waals surface area contributed by atoms with Crippen molar-refractivity contribution in [2.45, 2.75) is 12.7 Å². The number of nitrogens with one attached hydrogen (secondary N) is 1. The zero-order valence-electron chi connectivity index (χ0n) is 24.2. The lowest BCUT2D eigenvalue weighted by molar-refractivity contribution is 0.00592. The topological polar surface area (TPSA) is 98.8 Å². The van der Waals surface area contributed by atoms with Gasteiger partial charge in [-0.2, -0.15) is 0 Å². The number of methoxy groups -OCH3 is 4. The molecular formula is C31H36ClN3O7. The van der Waals surface area contributed by atoms with Crippen LogP contribution in [-0.4, -0.2) is 83.0 Å². The number of halogens is 1. The molecule has 2 amide bonds. The van der Waals surface area contributed by atoms with Crippen molar-refractivity contribution in [1.82, 2.24) is 9.80 Å². The molecule has 0 bridgehead atoms. The van der Waals surface area contributed by atoms with E-state index in [1.165, 1.54) is 28.4 Å². The van der Waals surface area contributed by atoms with E-state index in [1.807, 2.05) is 36.4 Å². The zero-order chi connectivity index (χ0) is 30.1. The average Bonchev–Trinajstić information content (AvgIpc) is 3.03. The summed E-state index contributed by atoms with van der Waals surface area (Å²) in [5.74, 6) is 1.01. The second kappa shape index (κ2) is 14.8. The van der Waals surface area contributed by atoms with E-state index in [0.29, 0.717) is 72.9 Å². The van der Waals surface area contributed by atoms with E-state index in [2.05, 4.69) is 10.2 Å². The SMILES string of the molecule is COC(=O)c1ccc(COC(CN2CCN(C(=O)Nc3cc(OC)c(OC)c(OC)c3)CC2)c2ccc(Cl)cc2)cc1. The van der Waals surface area contributed by atoms with Crippen LogP contribution < -0.4 is 19.5 Å². The van der Waals surface area contributed by atoms with E-state index in [9.17, 15) is 9.59 Å². The summed E-state index contributed by atoms with van der Waals surface area (Å²) in [6.07, 6.45) is -0.220. The van der Waals surface area contributed by atoms with Crippen LogP contribution in [0.1, 0.15) is 27.6 Å². The number of rotatable bonds is 11. The summed E-state index contributed by atoms with van der Waals surface area (Å²) in [5, 5.41) is 3.59. The first-order valence-electron chi connectivity index (χ1n) is 13.5. The fraction of sp³-hybridized carbons (Fsp3) is 0.355. The number of esters is 1. The zero-order valence-corrected chi connectivity index (χ0v) is 25.0. The van der Waals surface area contributed by atoms with E-state index in [-0.39, 0.29) is 18.1 Å². The Bertz CT molecular complexity index is 1320. The lowest BCUT2D eigenvalue weighted by atomic mass is 10.1. The molecule has 1 fully saturated rings. The summed E-state index contributed by atoms with van der Waals surface area (Å²) < 4.78 is 27.3. The van der Waals surface area contributed by atoms with Gasteiger partial charge in [0.1, 0.15) is 0 Å². The molecule has 3 aromatic rings. The molecule has 42 heavy (non-hydrogen) atoms. The Morgan fingerprint density at radius 3 is 2.02 bits per heavy atom. The van der Waals surface area contributed by atoms with E-state index in [0.717, 1.165) is 11.1 Å². The largest absolute Gasteiger partial charge is 0.493 e. The maximum atomic E-state index is 13.1. The second-order valence-corrected chi connectivity index (χ2v) is 10.1. The van der Waals surface area contributed by atoms with Crippen molar-refractivity contribution < 1.29 is 33.3 Å². The maximum Gasteiger partial charge on any atom is 0.337 e. The van der Waals surface area contributed by atoms with Crippen molar-refractivity contribution in [2.75, 3.05) is 66.5 Å². The molecule has 1 unspecified atom stereocenters. The summed E-state index contributed by atoms with van der Waals surface area (Å²) in [6, 6.07) is 18.0. The predicted octanol–water partition coefficient (Wildman–Crippen LogP) is 5.26. The van der Waals surface area contributed by atoms with Gasteiger partial charge in [0.05, 0.1) is 52.4 Å². The predicted molar refractivity (Wildman–Crippen MR) is 160 cm³/mol. The summed E-state index contributed by atoms with van der Waals surface area (Å²) in [7, 11) is 5.95. The highest BCUT2D eigenvalue weighted by Gasteiger charge is 2.25. The second-order valence-electron chi connectivity index (χ2n) is 9.67. The van der Waals surface area contributed by atoms with E-state index < -0.39 is 0 Å². The van der Waals surface area contributed by atoms with Crippen LogP contribution in [0, 0.1) is 0 Å². The third-order valence-corrected chi connectivity index (χ3v) is 7.32. The van der Waals surface area contributed by atoms with Gasteiger partial charge >= 0.3 is 12.0 Å². The lowest BCUT2D eigenvalue weighted by Crippen LogP contribution is -2.50. The third-order valence-electron chi connectivity index (χ3n) is 7.07. The number of amides is 2. The Labute approximate surface area is 251 Å². The van der Waals surface area contributed by atoms with Crippen LogP contribution in [0.5, 0.6) is 17.2 Å². The number of hydrogen-bond acceptors (Lipinski definition) is 8. The Morgan fingerprint density at radius 2 is 1.48 bits per heavy atom. The fourth-order valence-electron chi connectivity index (χ4n) is 4.71.